The molecule has 0 aliphatic carbocycles. The van der Waals surface area contributed by atoms with E-state index in [9.17, 15) is 9.59 Å². The van der Waals surface area contributed by atoms with Crippen molar-refractivity contribution in [2.75, 3.05) is 26.8 Å². The number of hydrogen-bond donors (Lipinski definition) is 2. The van der Waals surface area contributed by atoms with E-state index < -0.39 is 0 Å². The van der Waals surface area contributed by atoms with Gasteiger partial charge in [-0.1, -0.05) is 31.9 Å². The third-order valence-electron chi connectivity index (χ3n) is 5.87. The van der Waals surface area contributed by atoms with Crippen molar-refractivity contribution in [2.45, 2.75) is 58.0 Å². The first-order valence-corrected chi connectivity index (χ1v) is 10.9. The van der Waals surface area contributed by atoms with Gasteiger partial charge in [0.05, 0.1) is 25.3 Å². The highest BCUT2D eigenvalue weighted by molar-refractivity contribution is 5.94. The minimum absolute atomic E-state index is 0.223. The van der Waals surface area contributed by atoms with Crippen LogP contribution in [0, 0.1) is 0 Å². The molecule has 2 atom stereocenters. The molecule has 2 unspecified atom stereocenters. The number of carbonyl (C=O) groups excluding carboxylic acids is 2. The van der Waals surface area contributed by atoms with Gasteiger partial charge in [0, 0.05) is 18.3 Å². The minimum atomic E-state index is -0.359. The summed E-state index contributed by atoms with van der Waals surface area (Å²) in [5, 5.41) is 5.74. The lowest BCUT2D eigenvalue weighted by molar-refractivity contribution is -0.139. The molecule has 1 aromatic rings. The summed E-state index contributed by atoms with van der Waals surface area (Å²) in [6, 6.07) is 7.82. The van der Waals surface area contributed by atoms with Crippen LogP contribution in [0.4, 0.5) is 4.79 Å². The number of ether oxygens (including phenoxy) is 2. The van der Waals surface area contributed by atoms with Crippen LogP contribution >= 0.6 is 0 Å². The monoisotopic (exact) mass is 415 g/mol. The van der Waals surface area contributed by atoms with Gasteiger partial charge in [-0.3, -0.25) is 4.90 Å². The number of likely N-dealkylation sites (tertiary alicyclic amines) is 1. The molecule has 164 valence electrons. The Morgan fingerprint density at radius 3 is 2.60 bits per heavy atom. The molecule has 0 spiro atoms. The van der Waals surface area contributed by atoms with E-state index in [0.29, 0.717) is 30.8 Å². The van der Waals surface area contributed by atoms with E-state index in [2.05, 4.69) is 27.7 Å². The Labute approximate surface area is 178 Å². The number of hydrogen-bond acceptors (Lipinski definition) is 5. The van der Waals surface area contributed by atoms with Crippen LogP contribution in [-0.4, -0.2) is 49.7 Å². The highest BCUT2D eigenvalue weighted by atomic mass is 16.5. The standard InChI is InChI=1S/C23H33N3O4/c1-4-18-21(22(27)30-5-2)19(25-23(28)24-18)15-26-14-8-6-7-9-20(26)16-10-12-17(29-3)13-11-16/h10-13,18,20H,4-9,14-15H2,1-3H3,(H2,24,25,28). The quantitative estimate of drug-likeness (QED) is 0.666. The van der Waals surface area contributed by atoms with Crippen LogP contribution in [0.2, 0.25) is 0 Å². The van der Waals surface area contributed by atoms with Crippen molar-refractivity contribution in [3.05, 3.63) is 41.1 Å². The van der Waals surface area contributed by atoms with Crippen molar-refractivity contribution in [1.29, 1.82) is 0 Å². The van der Waals surface area contributed by atoms with Crippen LogP contribution in [0.1, 0.15) is 57.6 Å². The number of esters is 1. The van der Waals surface area contributed by atoms with E-state index >= 15 is 0 Å². The van der Waals surface area contributed by atoms with Crippen LogP contribution in [0.3, 0.4) is 0 Å². The Kier molecular flexibility index (Phi) is 7.74. The molecule has 1 saturated heterocycles. The molecule has 2 N–H and O–H groups in total. The Hall–Kier alpha value is -2.54. The maximum Gasteiger partial charge on any atom is 0.337 e. The summed E-state index contributed by atoms with van der Waals surface area (Å²) in [4.78, 5) is 27.3. The minimum Gasteiger partial charge on any atom is -0.497 e. The molecule has 1 aromatic carbocycles. The number of benzene rings is 1. The first-order chi connectivity index (χ1) is 14.6. The first-order valence-electron chi connectivity index (χ1n) is 10.9. The van der Waals surface area contributed by atoms with Gasteiger partial charge in [0.1, 0.15) is 5.75 Å². The Bertz CT molecular complexity index is 775. The third-order valence-corrected chi connectivity index (χ3v) is 5.87. The average molecular weight is 416 g/mol. The zero-order valence-corrected chi connectivity index (χ0v) is 18.2. The molecule has 3 rings (SSSR count). The van der Waals surface area contributed by atoms with Crippen LogP contribution in [0.25, 0.3) is 0 Å². The number of nitrogens with one attached hydrogen (secondary N) is 2. The van der Waals surface area contributed by atoms with Gasteiger partial charge in [-0.05, 0) is 50.4 Å². The van der Waals surface area contributed by atoms with Gasteiger partial charge in [0.2, 0.25) is 0 Å². The second kappa shape index (κ2) is 10.5. The maximum absolute atomic E-state index is 12.7. The molecule has 0 bridgehead atoms. The summed E-state index contributed by atoms with van der Waals surface area (Å²) >= 11 is 0. The van der Waals surface area contributed by atoms with E-state index in [4.69, 9.17) is 9.47 Å². The maximum atomic E-state index is 12.7. The Morgan fingerprint density at radius 2 is 1.93 bits per heavy atom. The lowest BCUT2D eigenvalue weighted by Gasteiger charge is -2.35. The molecular formula is C23H33N3O4. The smallest absolute Gasteiger partial charge is 0.337 e. The molecule has 2 aliphatic rings. The first kappa shape index (κ1) is 22.2. The van der Waals surface area contributed by atoms with Crippen molar-refractivity contribution in [3.63, 3.8) is 0 Å². The molecule has 7 heteroatoms. The van der Waals surface area contributed by atoms with Gasteiger partial charge in [0.25, 0.3) is 0 Å². The largest absolute Gasteiger partial charge is 0.497 e. The molecule has 30 heavy (non-hydrogen) atoms. The topological polar surface area (TPSA) is 79.9 Å². The normalized spacial score (nSPS) is 22.7. The molecule has 0 aromatic heterocycles. The molecular weight excluding hydrogens is 382 g/mol. The van der Waals surface area contributed by atoms with Crippen molar-refractivity contribution < 1.29 is 19.1 Å². The fraction of sp³-hybridized carbons (Fsp3) is 0.565. The summed E-state index contributed by atoms with van der Waals surface area (Å²) in [5.74, 6) is 0.477. The number of urea groups is 1. The van der Waals surface area contributed by atoms with Crippen molar-refractivity contribution in [2.24, 2.45) is 0 Å². The molecule has 2 heterocycles. The number of carbonyl (C=O) groups is 2. The van der Waals surface area contributed by atoms with Crippen LogP contribution in [0.15, 0.2) is 35.5 Å². The van der Waals surface area contributed by atoms with Crippen molar-refractivity contribution >= 4 is 12.0 Å². The highest BCUT2D eigenvalue weighted by Gasteiger charge is 2.33. The zero-order valence-electron chi connectivity index (χ0n) is 18.2. The molecule has 1 fully saturated rings. The van der Waals surface area contributed by atoms with E-state index in [1.165, 1.54) is 12.0 Å². The predicted molar refractivity (Wildman–Crippen MR) is 115 cm³/mol. The van der Waals surface area contributed by atoms with E-state index in [1.807, 2.05) is 19.1 Å². The fourth-order valence-electron chi connectivity index (χ4n) is 4.35. The molecule has 2 aliphatic heterocycles. The molecule has 0 saturated carbocycles. The summed E-state index contributed by atoms with van der Waals surface area (Å²) in [6.45, 7) is 5.48. The zero-order chi connectivity index (χ0) is 21.5. The lowest BCUT2D eigenvalue weighted by Crippen LogP contribution is -2.52. The van der Waals surface area contributed by atoms with Gasteiger partial charge < -0.3 is 20.1 Å². The number of nitrogens with zero attached hydrogens (tertiary/aromatic N) is 1. The summed E-state index contributed by atoms with van der Waals surface area (Å²) in [6.07, 6.45) is 5.10. The molecule has 0 radical (unpaired) electrons. The van der Waals surface area contributed by atoms with E-state index in [0.717, 1.165) is 31.6 Å². The number of methoxy groups -OCH3 is 1. The third kappa shape index (κ3) is 5.14. The van der Waals surface area contributed by atoms with Crippen LogP contribution in [-0.2, 0) is 9.53 Å². The van der Waals surface area contributed by atoms with E-state index in [1.54, 1.807) is 14.0 Å². The summed E-state index contributed by atoms with van der Waals surface area (Å²) < 4.78 is 10.6. The van der Waals surface area contributed by atoms with Gasteiger partial charge in [-0.25, -0.2) is 9.59 Å². The lowest BCUT2D eigenvalue weighted by atomic mass is 9.97. The fourth-order valence-corrected chi connectivity index (χ4v) is 4.35. The highest BCUT2D eigenvalue weighted by Crippen LogP contribution is 2.32. The van der Waals surface area contributed by atoms with Crippen molar-refractivity contribution in [3.8, 4) is 5.75 Å². The van der Waals surface area contributed by atoms with Crippen LogP contribution in [0.5, 0.6) is 5.75 Å². The van der Waals surface area contributed by atoms with Crippen LogP contribution < -0.4 is 15.4 Å². The Morgan fingerprint density at radius 1 is 1.17 bits per heavy atom. The van der Waals surface area contributed by atoms with Gasteiger partial charge >= 0.3 is 12.0 Å². The predicted octanol–water partition coefficient (Wildman–Crippen LogP) is 3.52. The van der Waals surface area contributed by atoms with Gasteiger partial charge in [0.15, 0.2) is 0 Å². The van der Waals surface area contributed by atoms with Gasteiger partial charge in [-0.2, -0.15) is 0 Å². The summed E-state index contributed by atoms with van der Waals surface area (Å²) in [7, 11) is 1.67. The Balaban J connectivity index is 1.92. The second-order valence-electron chi connectivity index (χ2n) is 7.78. The number of amides is 2. The molecule has 2 amide bonds. The summed E-state index contributed by atoms with van der Waals surface area (Å²) in [5.41, 5.74) is 2.42. The second-order valence-corrected chi connectivity index (χ2v) is 7.78. The molecule has 7 nitrogen and oxygen atoms in total. The SMILES string of the molecule is CCOC(=O)C1=C(CN2CCCCCC2c2ccc(OC)cc2)NC(=O)NC1CC. The van der Waals surface area contributed by atoms with E-state index in [-0.39, 0.29) is 24.1 Å². The van der Waals surface area contributed by atoms with Gasteiger partial charge in [-0.15, -0.1) is 0 Å². The van der Waals surface area contributed by atoms with Crippen molar-refractivity contribution in [1.82, 2.24) is 15.5 Å². The number of rotatable bonds is 7. The average Bonchev–Trinajstić information content (AvgIpc) is 2.99.